The summed E-state index contributed by atoms with van der Waals surface area (Å²) in [6.07, 6.45) is 3.40. The van der Waals surface area contributed by atoms with Crippen LogP contribution in [0.1, 0.15) is 10.4 Å². The molecule has 7 heteroatoms. The summed E-state index contributed by atoms with van der Waals surface area (Å²) in [5.41, 5.74) is 1.30. The summed E-state index contributed by atoms with van der Waals surface area (Å²) in [4.78, 5) is 24.5. The fourth-order valence-corrected chi connectivity index (χ4v) is 2.48. The fourth-order valence-electron chi connectivity index (χ4n) is 1.88. The lowest BCUT2D eigenvalue weighted by Gasteiger charge is -2.07. The highest BCUT2D eigenvalue weighted by molar-refractivity contribution is 7.13. The van der Waals surface area contributed by atoms with E-state index in [0.717, 1.165) is 10.7 Å². The van der Waals surface area contributed by atoms with Gasteiger partial charge in [-0.2, -0.15) is 0 Å². The molecule has 0 aliphatic carbocycles. The van der Waals surface area contributed by atoms with Crippen LogP contribution in [0.4, 0.5) is 5.95 Å². The molecule has 0 saturated carbocycles. The molecule has 3 rings (SSSR count). The second-order valence-corrected chi connectivity index (χ2v) is 5.43. The van der Waals surface area contributed by atoms with E-state index in [1.165, 1.54) is 11.3 Å². The van der Waals surface area contributed by atoms with Crippen molar-refractivity contribution in [3.05, 3.63) is 59.7 Å². The van der Waals surface area contributed by atoms with Crippen LogP contribution in [0.3, 0.4) is 0 Å². The number of carbonyl (C=O) groups is 1. The predicted molar refractivity (Wildman–Crippen MR) is 88.4 cm³/mol. The zero-order valence-corrected chi connectivity index (χ0v) is 13.0. The minimum absolute atomic E-state index is 0.235. The van der Waals surface area contributed by atoms with Gasteiger partial charge >= 0.3 is 5.97 Å². The number of carbonyl (C=O) groups excluding carboxylic acids is 1. The first-order chi connectivity index (χ1) is 11.3. The maximum atomic E-state index is 11.8. The molecule has 3 aromatic rings. The summed E-state index contributed by atoms with van der Waals surface area (Å²) in [6, 6.07) is 10.7. The molecule has 6 nitrogen and oxygen atoms in total. The molecule has 0 spiro atoms. The summed E-state index contributed by atoms with van der Waals surface area (Å²) in [5.74, 6) is 0.137. The molecule has 0 saturated heterocycles. The number of anilines is 1. The number of aromatic nitrogens is 3. The Morgan fingerprint density at radius 3 is 2.78 bits per heavy atom. The maximum Gasteiger partial charge on any atom is 0.338 e. The average molecular weight is 326 g/mol. The molecule has 0 aliphatic rings. The summed E-state index contributed by atoms with van der Waals surface area (Å²) < 4.78 is 5.19. The number of thiazole rings is 1. The monoisotopic (exact) mass is 326 g/mol. The van der Waals surface area contributed by atoms with Crippen LogP contribution in [0.25, 0.3) is 10.7 Å². The van der Waals surface area contributed by atoms with Crippen molar-refractivity contribution in [3.8, 4) is 10.7 Å². The third-order valence-electron chi connectivity index (χ3n) is 2.93. The Kier molecular flexibility index (Phi) is 4.90. The molecule has 1 N–H and O–H groups in total. The van der Waals surface area contributed by atoms with Crippen LogP contribution in [0.5, 0.6) is 0 Å². The molecular weight excluding hydrogens is 312 g/mol. The molecule has 2 heterocycles. The smallest absolute Gasteiger partial charge is 0.338 e. The minimum Gasteiger partial charge on any atom is -0.460 e. The van der Waals surface area contributed by atoms with E-state index in [1.54, 1.807) is 42.7 Å². The van der Waals surface area contributed by atoms with Crippen LogP contribution in [-0.4, -0.2) is 34.1 Å². The van der Waals surface area contributed by atoms with Gasteiger partial charge < -0.3 is 10.1 Å². The minimum atomic E-state index is -0.343. The number of hydrogen-bond acceptors (Lipinski definition) is 7. The molecule has 116 valence electrons. The van der Waals surface area contributed by atoms with E-state index in [1.807, 2.05) is 11.4 Å². The van der Waals surface area contributed by atoms with Crippen molar-refractivity contribution in [3.63, 3.8) is 0 Å². The number of rotatable bonds is 6. The second-order valence-electron chi connectivity index (χ2n) is 4.53. The summed E-state index contributed by atoms with van der Waals surface area (Å²) >= 11 is 1.52. The van der Waals surface area contributed by atoms with Gasteiger partial charge in [0, 0.05) is 17.8 Å². The largest absolute Gasteiger partial charge is 0.460 e. The summed E-state index contributed by atoms with van der Waals surface area (Å²) in [6.45, 7) is 0.665. The van der Waals surface area contributed by atoms with Crippen LogP contribution in [0.2, 0.25) is 0 Å². The first-order valence-electron chi connectivity index (χ1n) is 7.02. The normalized spacial score (nSPS) is 10.3. The summed E-state index contributed by atoms with van der Waals surface area (Å²) in [7, 11) is 0. The van der Waals surface area contributed by atoms with Gasteiger partial charge in [0.15, 0.2) is 0 Å². The molecule has 0 fully saturated rings. The van der Waals surface area contributed by atoms with E-state index in [9.17, 15) is 4.79 Å². The molecular formula is C16H14N4O2S. The molecule has 23 heavy (non-hydrogen) atoms. The van der Waals surface area contributed by atoms with Crippen molar-refractivity contribution in [2.24, 2.45) is 0 Å². The van der Waals surface area contributed by atoms with E-state index < -0.39 is 0 Å². The average Bonchev–Trinajstić information content (AvgIpc) is 3.14. The van der Waals surface area contributed by atoms with E-state index in [-0.39, 0.29) is 12.6 Å². The highest BCUT2D eigenvalue weighted by Crippen LogP contribution is 2.19. The molecule has 1 aromatic carbocycles. The Hall–Kier alpha value is -2.80. The Bertz CT molecular complexity index is 763. The number of ether oxygens (including phenoxy) is 1. The first kappa shape index (κ1) is 15.1. The van der Waals surface area contributed by atoms with Crippen molar-refractivity contribution in [2.45, 2.75) is 0 Å². The number of esters is 1. The Balaban J connectivity index is 1.49. The van der Waals surface area contributed by atoms with Crippen molar-refractivity contribution in [2.75, 3.05) is 18.5 Å². The van der Waals surface area contributed by atoms with E-state index in [0.29, 0.717) is 18.1 Å². The van der Waals surface area contributed by atoms with Crippen LogP contribution in [0.15, 0.2) is 54.2 Å². The predicted octanol–water partition coefficient (Wildman–Crippen LogP) is 2.87. The topological polar surface area (TPSA) is 77.0 Å². The van der Waals surface area contributed by atoms with Gasteiger partial charge in [-0.3, -0.25) is 0 Å². The maximum absolute atomic E-state index is 11.8. The van der Waals surface area contributed by atoms with Gasteiger partial charge in [0.1, 0.15) is 17.3 Å². The lowest BCUT2D eigenvalue weighted by molar-refractivity contribution is 0.0520. The molecule has 0 atom stereocenters. The Labute approximate surface area is 137 Å². The van der Waals surface area contributed by atoms with Gasteiger partial charge in [-0.15, -0.1) is 11.3 Å². The van der Waals surface area contributed by atoms with Crippen molar-refractivity contribution in [1.82, 2.24) is 15.0 Å². The van der Waals surface area contributed by atoms with Gasteiger partial charge in [-0.1, -0.05) is 18.2 Å². The Morgan fingerprint density at radius 1 is 1.13 bits per heavy atom. The quantitative estimate of drug-likeness (QED) is 0.554. The molecule has 0 unspecified atom stereocenters. The van der Waals surface area contributed by atoms with Gasteiger partial charge in [0.05, 0.1) is 12.1 Å². The van der Waals surface area contributed by atoms with E-state index in [4.69, 9.17) is 4.74 Å². The van der Waals surface area contributed by atoms with Gasteiger partial charge in [0.25, 0.3) is 0 Å². The van der Waals surface area contributed by atoms with Crippen LogP contribution in [0, 0.1) is 0 Å². The van der Waals surface area contributed by atoms with Gasteiger partial charge in [0.2, 0.25) is 5.95 Å². The van der Waals surface area contributed by atoms with Gasteiger partial charge in [-0.05, 0) is 18.2 Å². The standard InChI is InChI=1S/C16H14N4O2S/c21-15(12-4-2-1-3-5-12)22-10-8-19-16-18-7-6-13(20-16)14-17-9-11-23-14/h1-7,9,11H,8,10H2,(H,18,19,20). The lowest BCUT2D eigenvalue weighted by atomic mass is 10.2. The molecule has 0 amide bonds. The third-order valence-corrected chi connectivity index (χ3v) is 3.73. The fraction of sp³-hybridized carbons (Fsp3) is 0.125. The Morgan fingerprint density at radius 2 is 2.00 bits per heavy atom. The second kappa shape index (κ2) is 7.46. The molecule has 0 radical (unpaired) electrons. The zero-order chi connectivity index (χ0) is 15.9. The number of nitrogens with one attached hydrogen (secondary N) is 1. The summed E-state index contributed by atoms with van der Waals surface area (Å²) in [5, 5.41) is 5.77. The van der Waals surface area contributed by atoms with Gasteiger partial charge in [-0.25, -0.2) is 19.7 Å². The SMILES string of the molecule is O=C(OCCNc1nccc(-c2nccs2)n1)c1ccccc1. The zero-order valence-electron chi connectivity index (χ0n) is 12.2. The highest BCUT2D eigenvalue weighted by atomic mass is 32.1. The highest BCUT2D eigenvalue weighted by Gasteiger charge is 2.06. The third kappa shape index (κ3) is 4.10. The van der Waals surface area contributed by atoms with Crippen molar-refractivity contribution < 1.29 is 9.53 Å². The molecule has 0 bridgehead atoms. The van der Waals surface area contributed by atoms with Crippen LogP contribution in [-0.2, 0) is 4.74 Å². The van der Waals surface area contributed by atoms with E-state index in [2.05, 4.69) is 20.3 Å². The lowest BCUT2D eigenvalue weighted by Crippen LogP contribution is -2.15. The molecule has 0 aliphatic heterocycles. The van der Waals surface area contributed by atoms with Crippen molar-refractivity contribution >= 4 is 23.3 Å². The van der Waals surface area contributed by atoms with Crippen molar-refractivity contribution in [1.29, 1.82) is 0 Å². The van der Waals surface area contributed by atoms with Crippen LogP contribution < -0.4 is 5.32 Å². The number of nitrogens with zero attached hydrogens (tertiary/aromatic N) is 3. The first-order valence-corrected chi connectivity index (χ1v) is 7.90. The number of benzene rings is 1. The molecule has 2 aromatic heterocycles. The number of hydrogen-bond donors (Lipinski definition) is 1. The van der Waals surface area contributed by atoms with E-state index >= 15 is 0 Å². The van der Waals surface area contributed by atoms with Crippen LogP contribution >= 0.6 is 11.3 Å².